The minimum atomic E-state index is -0.390. The summed E-state index contributed by atoms with van der Waals surface area (Å²) in [6.07, 6.45) is 0.288. The number of carbonyl (C=O) groups is 1. The van der Waals surface area contributed by atoms with Crippen molar-refractivity contribution in [3.8, 4) is 11.5 Å². The predicted molar refractivity (Wildman–Crippen MR) is 93.9 cm³/mol. The van der Waals surface area contributed by atoms with Crippen LogP contribution in [-0.4, -0.2) is 30.3 Å². The zero-order valence-corrected chi connectivity index (χ0v) is 14.7. The number of nitrogens with zero attached hydrogens (tertiary/aromatic N) is 1. The van der Waals surface area contributed by atoms with E-state index in [1.54, 1.807) is 14.2 Å². The maximum absolute atomic E-state index is 12.6. The Morgan fingerprint density at radius 2 is 1.40 bits per heavy atom. The van der Waals surface area contributed by atoms with Crippen LogP contribution in [-0.2, 0) is 4.79 Å². The quantitative estimate of drug-likeness (QED) is 0.917. The number of rotatable bonds is 4. The third kappa shape index (κ3) is 3.38. The molecular weight excluding hydrogens is 318 g/mol. The number of ketones is 1. The lowest BCUT2D eigenvalue weighted by molar-refractivity contribution is -0.197. The van der Waals surface area contributed by atoms with Crippen molar-refractivity contribution in [2.24, 2.45) is 5.92 Å². The number of hydrogen-bond acceptors (Lipinski definition) is 5. The molecule has 5 nitrogen and oxygen atoms in total. The Balaban J connectivity index is 1.92. The van der Waals surface area contributed by atoms with E-state index in [-0.39, 0.29) is 30.2 Å². The van der Waals surface area contributed by atoms with Gasteiger partial charge in [-0.3, -0.25) is 4.79 Å². The van der Waals surface area contributed by atoms with Gasteiger partial charge in [0.2, 0.25) is 0 Å². The second kappa shape index (κ2) is 7.25. The van der Waals surface area contributed by atoms with Crippen molar-refractivity contribution in [1.82, 2.24) is 5.06 Å². The second-order valence-corrected chi connectivity index (χ2v) is 6.35. The summed E-state index contributed by atoms with van der Waals surface area (Å²) < 4.78 is 10.4. The fraction of sp³-hybridized carbons (Fsp3) is 0.350. The average molecular weight is 341 g/mol. The lowest BCUT2D eigenvalue weighted by Crippen LogP contribution is -2.42. The molecule has 2 aromatic carbocycles. The van der Waals surface area contributed by atoms with Gasteiger partial charge in [-0.05, 0) is 35.4 Å². The maximum atomic E-state index is 12.6. The molecule has 132 valence electrons. The number of hydrogen-bond donors (Lipinski definition) is 1. The van der Waals surface area contributed by atoms with E-state index in [0.717, 1.165) is 22.6 Å². The highest BCUT2D eigenvalue weighted by Gasteiger charge is 2.41. The highest BCUT2D eigenvalue weighted by atomic mass is 16.5. The topological polar surface area (TPSA) is 59.0 Å². The standard InChI is InChI=1S/C20H23NO4/c1-13-19(22)12-18(14-4-8-16(24-2)9-5-14)21(23)20(13)15-6-10-17(25-3)11-7-15/h4-11,13,18,20,23H,12H2,1-3H3. The highest BCUT2D eigenvalue weighted by molar-refractivity contribution is 5.83. The van der Waals surface area contributed by atoms with E-state index in [2.05, 4.69) is 0 Å². The van der Waals surface area contributed by atoms with Crippen molar-refractivity contribution in [2.75, 3.05) is 14.2 Å². The summed E-state index contributed by atoms with van der Waals surface area (Å²) in [5, 5.41) is 12.2. The fourth-order valence-corrected chi connectivity index (χ4v) is 3.41. The lowest BCUT2D eigenvalue weighted by atomic mass is 9.81. The molecule has 5 heteroatoms. The molecule has 1 heterocycles. The summed E-state index contributed by atoms with van der Waals surface area (Å²) in [5.41, 5.74) is 1.78. The Morgan fingerprint density at radius 3 is 1.88 bits per heavy atom. The molecule has 1 fully saturated rings. The number of Topliss-reactive ketones (excluding diaryl/α,β-unsaturated/α-hetero) is 1. The number of methoxy groups -OCH3 is 2. The molecule has 3 unspecified atom stereocenters. The molecule has 25 heavy (non-hydrogen) atoms. The zero-order valence-electron chi connectivity index (χ0n) is 14.7. The molecule has 0 aliphatic carbocycles. The van der Waals surface area contributed by atoms with Gasteiger partial charge < -0.3 is 14.7 Å². The summed E-state index contributed by atoms with van der Waals surface area (Å²) >= 11 is 0. The van der Waals surface area contributed by atoms with E-state index >= 15 is 0 Å². The lowest BCUT2D eigenvalue weighted by Gasteiger charge is -2.41. The maximum Gasteiger partial charge on any atom is 0.139 e. The third-order valence-electron chi connectivity index (χ3n) is 4.94. The SMILES string of the molecule is COc1ccc(C2CC(=O)C(C)C(c3ccc(OC)cc3)N2O)cc1. The highest BCUT2D eigenvalue weighted by Crippen LogP contribution is 2.42. The minimum absolute atomic E-state index is 0.145. The number of ether oxygens (including phenoxy) is 2. The summed E-state index contributed by atoms with van der Waals surface area (Å²) in [6, 6.07) is 14.2. The predicted octanol–water partition coefficient (Wildman–Crippen LogP) is 3.79. The van der Waals surface area contributed by atoms with Gasteiger partial charge in [-0.2, -0.15) is 5.06 Å². The van der Waals surface area contributed by atoms with Gasteiger partial charge in [0.25, 0.3) is 0 Å². The molecule has 0 aromatic heterocycles. The van der Waals surface area contributed by atoms with Gasteiger partial charge in [-0.25, -0.2) is 0 Å². The molecular formula is C20H23NO4. The van der Waals surface area contributed by atoms with Crippen molar-refractivity contribution in [1.29, 1.82) is 0 Å². The molecule has 3 atom stereocenters. The van der Waals surface area contributed by atoms with E-state index in [0.29, 0.717) is 0 Å². The largest absolute Gasteiger partial charge is 0.497 e. The fourth-order valence-electron chi connectivity index (χ4n) is 3.41. The number of hydroxylamine groups is 2. The summed E-state index contributed by atoms with van der Waals surface area (Å²) in [7, 11) is 3.22. The number of carbonyl (C=O) groups excluding carboxylic acids is 1. The van der Waals surface area contributed by atoms with Crippen LogP contribution in [0.5, 0.6) is 11.5 Å². The molecule has 1 N–H and O–H groups in total. The van der Waals surface area contributed by atoms with Crippen LogP contribution in [0.2, 0.25) is 0 Å². The van der Waals surface area contributed by atoms with Crippen molar-refractivity contribution >= 4 is 5.78 Å². The minimum Gasteiger partial charge on any atom is -0.497 e. The van der Waals surface area contributed by atoms with Crippen LogP contribution >= 0.6 is 0 Å². The monoisotopic (exact) mass is 341 g/mol. The van der Waals surface area contributed by atoms with Crippen LogP contribution < -0.4 is 9.47 Å². The summed E-state index contributed by atoms with van der Waals surface area (Å²) in [4.78, 5) is 12.6. The van der Waals surface area contributed by atoms with E-state index in [1.165, 1.54) is 5.06 Å². The van der Waals surface area contributed by atoms with Crippen LogP contribution in [0.3, 0.4) is 0 Å². The summed E-state index contributed by atoms with van der Waals surface area (Å²) in [5.74, 6) is 1.35. The van der Waals surface area contributed by atoms with Crippen molar-refractivity contribution in [2.45, 2.75) is 25.4 Å². The van der Waals surface area contributed by atoms with Crippen LogP contribution in [0.1, 0.15) is 36.6 Å². The molecule has 0 bridgehead atoms. The first-order valence-electron chi connectivity index (χ1n) is 8.33. The van der Waals surface area contributed by atoms with Crippen LogP contribution in [0.25, 0.3) is 0 Å². The average Bonchev–Trinajstić information content (AvgIpc) is 2.65. The summed E-state index contributed by atoms with van der Waals surface area (Å²) in [6.45, 7) is 1.87. The van der Waals surface area contributed by atoms with Gasteiger partial charge in [0.1, 0.15) is 17.3 Å². The Bertz CT molecular complexity index is 726. The van der Waals surface area contributed by atoms with Gasteiger partial charge >= 0.3 is 0 Å². The van der Waals surface area contributed by atoms with Crippen molar-refractivity contribution in [3.05, 3.63) is 59.7 Å². The van der Waals surface area contributed by atoms with Gasteiger partial charge in [-0.1, -0.05) is 31.2 Å². The molecule has 3 rings (SSSR count). The van der Waals surface area contributed by atoms with E-state index in [9.17, 15) is 10.0 Å². The Hall–Kier alpha value is -2.37. The molecule has 0 spiro atoms. The molecule has 0 radical (unpaired) electrons. The third-order valence-corrected chi connectivity index (χ3v) is 4.94. The molecule has 0 saturated carbocycles. The van der Waals surface area contributed by atoms with Crippen LogP contribution in [0.15, 0.2) is 48.5 Å². The van der Waals surface area contributed by atoms with Crippen LogP contribution in [0.4, 0.5) is 0 Å². The zero-order chi connectivity index (χ0) is 18.0. The normalized spacial score (nSPS) is 24.2. The van der Waals surface area contributed by atoms with Gasteiger partial charge in [0.15, 0.2) is 0 Å². The Kier molecular flexibility index (Phi) is 5.06. The number of piperidine rings is 1. The first-order valence-corrected chi connectivity index (χ1v) is 8.33. The first kappa shape index (κ1) is 17.5. The second-order valence-electron chi connectivity index (χ2n) is 6.35. The molecule has 1 aliphatic heterocycles. The molecule has 0 amide bonds. The first-order chi connectivity index (χ1) is 12.0. The molecule has 1 aliphatic rings. The molecule has 1 saturated heterocycles. The Labute approximate surface area is 147 Å². The number of benzene rings is 2. The smallest absolute Gasteiger partial charge is 0.139 e. The Morgan fingerprint density at radius 1 is 0.920 bits per heavy atom. The van der Waals surface area contributed by atoms with Gasteiger partial charge in [-0.15, -0.1) is 0 Å². The van der Waals surface area contributed by atoms with Crippen LogP contribution in [0, 0.1) is 5.92 Å². The van der Waals surface area contributed by atoms with Gasteiger partial charge in [0.05, 0.1) is 26.3 Å². The molecule has 2 aromatic rings. The van der Waals surface area contributed by atoms with E-state index in [4.69, 9.17) is 9.47 Å². The van der Waals surface area contributed by atoms with E-state index < -0.39 is 0 Å². The van der Waals surface area contributed by atoms with Gasteiger partial charge in [0, 0.05) is 12.3 Å². The van der Waals surface area contributed by atoms with Crippen molar-refractivity contribution < 1.29 is 19.5 Å². The van der Waals surface area contributed by atoms with E-state index in [1.807, 2.05) is 55.5 Å². The van der Waals surface area contributed by atoms with Crippen molar-refractivity contribution in [3.63, 3.8) is 0 Å².